The molecule has 0 aliphatic heterocycles. The Morgan fingerprint density at radius 2 is 2.03 bits per heavy atom. The smallest absolute Gasteiger partial charge is 0.280 e. The number of amides is 1. The van der Waals surface area contributed by atoms with Crippen molar-refractivity contribution in [3.05, 3.63) is 46.6 Å². The molecule has 0 unspecified atom stereocenters. The van der Waals surface area contributed by atoms with E-state index < -0.39 is 23.9 Å². The number of rotatable bonds is 5. The van der Waals surface area contributed by atoms with Crippen LogP contribution >= 0.6 is 11.3 Å². The molecule has 2 aliphatic carbocycles. The van der Waals surface area contributed by atoms with Gasteiger partial charge in [-0.05, 0) is 49.8 Å². The fourth-order valence-corrected chi connectivity index (χ4v) is 5.92. The largest absolute Gasteiger partial charge is 0.340 e. The third-order valence-electron chi connectivity index (χ3n) is 6.92. The lowest BCUT2D eigenvalue weighted by Crippen LogP contribution is -2.59. The van der Waals surface area contributed by atoms with Crippen molar-refractivity contribution in [3.8, 4) is 11.3 Å². The summed E-state index contributed by atoms with van der Waals surface area (Å²) >= 11 is 1.22. The van der Waals surface area contributed by atoms with E-state index in [2.05, 4.69) is 21.5 Å². The summed E-state index contributed by atoms with van der Waals surface area (Å²) in [6.07, 6.45) is 14.4. The Labute approximate surface area is 201 Å². The zero-order valence-corrected chi connectivity index (χ0v) is 19.7. The molecule has 0 aromatic carbocycles. The number of alkyl halides is 2. The summed E-state index contributed by atoms with van der Waals surface area (Å²) in [5, 5.41) is 7.05. The first-order valence-corrected chi connectivity index (χ1v) is 12.8. The van der Waals surface area contributed by atoms with Crippen molar-refractivity contribution >= 4 is 28.8 Å². The van der Waals surface area contributed by atoms with Crippen LogP contribution < -0.4 is 11.1 Å². The molecule has 0 radical (unpaired) electrons. The first-order chi connectivity index (χ1) is 16.4. The highest BCUT2D eigenvalue weighted by Crippen LogP contribution is 2.36. The quantitative estimate of drug-likeness (QED) is 0.514. The number of allylic oxidation sites excluding steroid dienone is 1. The van der Waals surface area contributed by atoms with Gasteiger partial charge < -0.3 is 11.1 Å². The molecular weight excluding hydrogens is 456 g/mol. The summed E-state index contributed by atoms with van der Waals surface area (Å²) in [7, 11) is 0. The van der Waals surface area contributed by atoms with Crippen LogP contribution in [0.25, 0.3) is 22.9 Å². The van der Waals surface area contributed by atoms with Gasteiger partial charge in [0.25, 0.3) is 11.8 Å². The minimum Gasteiger partial charge on any atom is -0.340 e. The highest BCUT2D eigenvalue weighted by atomic mass is 32.1. The van der Waals surface area contributed by atoms with E-state index in [9.17, 15) is 13.6 Å². The molecule has 2 fully saturated rings. The number of thiazole rings is 1. The molecule has 0 spiro atoms. The second kappa shape index (κ2) is 9.54. The molecule has 34 heavy (non-hydrogen) atoms. The molecule has 3 N–H and O–H groups in total. The van der Waals surface area contributed by atoms with E-state index in [0.717, 1.165) is 28.8 Å². The second-order valence-corrected chi connectivity index (χ2v) is 10.4. The third kappa shape index (κ3) is 4.63. The van der Waals surface area contributed by atoms with Crippen molar-refractivity contribution in [2.75, 3.05) is 0 Å². The van der Waals surface area contributed by atoms with Gasteiger partial charge in [0, 0.05) is 24.2 Å². The van der Waals surface area contributed by atoms with Gasteiger partial charge in [-0.25, -0.2) is 18.3 Å². The highest BCUT2D eigenvalue weighted by molar-refractivity contribution is 7.15. The molecule has 5 rings (SSSR count). The van der Waals surface area contributed by atoms with E-state index in [0.29, 0.717) is 24.5 Å². The molecule has 3 aromatic rings. The Kier molecular flexibility index (Phi) is 6.48. The molecule has 2 aliphatic rings. The van der Waals surface area contributed by atoms with Crippen LogP contribution in [0, 0.1) is 5.92 Å². The van der Waals surface area contributed by atoms with Crippen molar-refractivity contribution in [2.45, 2.75) is 69.4 Å². The summed E-state index contributed by atoms with van der Waals surface area (Å²) in [4.78, 5) is 18.5. The van der Waals surface area contributed by atoms with Gasteiger partial charge in [0.2, 0.25) is 0 Å². The van der Waals surface area contributed by atoms with E-state index in [4.69, 9.17) is 5.73 Å². The zero-order chi connectivity index (χ0) is 23.7. The summed E-state index contributed by atoms with van der Waals surface area (Å²) in [5.41, 5.74) is 8.27. The van der Waals surface area contributed by atoms with Crippen LogP contribution in [-0.4, -0.2) is 38.5 Å². The number of halogens is 2. The van der Waals surface area contributed by atoms with E-state index in [1.807, 2.05) is 30.5 Å². The summed E-state index contributed by atoms with van der Waals surface area (Å²) in [5.74, 6) is -3.13. The Morgan fingerprint density at radius 1 is 1.21 bits per heavy atom. The number of nitrogens with one attached hydrogen (secondary N) is 1. The van der Waals surface area contributed by atoms with Gasteiger partial charge in [-0.2, -0.15) is 5.10 Å². The number of hydrogen-bond acceptors (Lipinski definition) is 5. The van der Waals surface area contributed by atoms with E-state index in [1.165, 1.54) is 30.6 Å². The first kappa shape index (κ1) is 23.1. The molecular formula is C25H29F2N5OS. The number of nitrogens with two attached hydrogens (primary N) is 1. The summed E-state index contributed by atoms with van der Waals surface area (Å²) in [6, 6.07) is 3.58. The predicted molar refractivity (Wildman–Crippen MR) is 130 cm³/mol. The van der Waals surface area contributed by atoms with E-state index >= 15 is 0 Å². The van der Waals surface area contributed by atoms with Crippen molar-refractivity contribution in [1.82, 2.24) is 19.9 Å². The maximum Gasteiger partial charge on any atom is 0.280 e. The standard InChI is InChI=1S/C25H29F2N5OS/c26-25(27)13-6-9-18(28)22(25)31-23(33)24-30-21(17-15-29-32-14-5-4-10-19(17)32)20(34-24)12-11-16-7-2-1-3-8-16/h4-5,10-12,14-16,18,22H,1-3,6-9,13,28H2,(H,31,33)/t18-,22-/m1/s1. The Balaban J connectivity index is 1.48. The monoisotopic (exact) mass is 485 g/mol. The minimum absolute atomic E-state index is 0.155. The fourth-order valence-electron chi connectivity index (χ4n) is 5.03. The lowest BCUT2D eigenvalue weighted by atomic mass is 9.87. The molecule has 9 heteroatoms. The maximum atomic E-state index is 14.5. The fraction of sp³-hybridized carbons (Fsp3) is 0.480. The number of nitrogens with zero attached hydrogens (tertiary/aromatic N) is 3. The van der Waals surface area contributed by atoms with Gasteiger partial charge in [0.1, 0.15) is 6.04 Å². The molecule has 1 amide bonds. The highest BCUT2D eigenvalue weighted by Gasteiger charge is 2.46. The average Bonchev–Trinajstić information content (AvgIpc) is 3.45. The summed E-state index contributed by atoms with van der Waals surface area (Å²) < 4.78 is 30.7. The number of pyridine rings is 1. The lowest BCUT2D eigenvalue weighted by Gasteiger charge is -2.36. The first-order valence-electron chi connectivity index (χ1n) is 12.0. The van der Waals surface area contributed by atoms with Crippen molar-refractivity contribution in [1.29, 1.82) is 0 Å². The molecule has 0 bridgehead atoms. The molecule has 0 saturated heterocycles. The van der Waals surface area contributed by atoms with Crippen LogP contribution in [0.5, 0.6) is 0 Å². The van der Waals surface area contributed by atoms with Crippen molar-refractivity contribution in [3.63, 3.8) is 0 Å². The lowest BCUT2D eigenvalue weighted by molar-refractivity contribution is -0.0674. The van der Waals surface area contributed by atoms with Gasteiger partial charge >= 0.3 is 0 Å². The van der Waals surface area contributed by atoms with Gasteiger partial charge in [-0.3, -0.25) is 4.79 Å². The second-order valence-electron chi connectivity index (χ2n) is 9.35. The van der Waals surface area contributed by atoms with Crippen molar-refractivity contribution < 1.29 is 13.6 Å². The number of carbonyl (C=O) groups excluding carboxylic acids is 1. The van der Waals surface area contributed by atoms with Crippen LogP contribution in [0.15, 0.2) is 36.7 Å². The maximum absolute atomic E-state index is 14.5. The zero-order valence-electron chi connectivity index (χ0n) is 18.9. The normalized spacial score (nSPS) is 23.5. The third-order valence-corrected chi connectivity index (χ3v) is 7.94. The van der Waals surface area contributed by atoms with Gasteiger partial charge in [-0.1, -0.05) is 31.4 Å². The average molecular weight is 486 g/mol. The van der Waals surface area contributed by atoms with Gasteiger partial charge in [-0.15, -0.1) is 11.3 Å². The molecule has 2 saturated carbocycles. The predicted octanol–water partition coefficient (Wildman–Crippen LogP) is 5.30. The van der Waals surface area contributed by atoms with Gasteiger partial charge in [0.15, 0.2) is 5.01 Å². The molecule has 3 heterocycles. The topological polar surface area (TPSA) is 85.3 Å². The van der Waals surface area contributed by atoms with Crippen LogP contribution in [0.2, 0.25) is 0 Å². The molecule has 6 nitrogen and oxygen atoms in total. The van der Waals surface area contributed by atoms with E-state index in [1.54, 1.807) is 10.7 Å². The number of hydrogen-bond donors (Lipinski definition) is 2. The Hall–Kier alpha value is -2.65. The SMILES string of the molecule is N[C@@H]1CCCC(F)(F)[C@@H]1NC(=O)c1nc(-c2cnn3ccccc23)c(C=CC2CCCCC2)s1. The number of carbonyl (C=O) groups is 1. The van der Waals surface area contributed by atoms with Crippen LogP contribution in [0.4, 0.5) is 8.78 Å². The van der Waals surface area contributed by atoms with Crippen molar-refractivity contribution in [2.24, 2.45) is 11.7 Å². The number of fused-ring (bicyclic) bond motifs is 1. The summed E-state index contributed by atoms with van der Waals surface area (Å²) in [6.45, 7) is 0. The van der Waals surface area contributed by atoms with Gasteiger partial charge in [0.05, 0.1) is 22.3 Å². The Morgan fingerprint density at radius 3 is 2.82 bits per heavy atom. The molecule has 180 valence electrons. The van der Waals surface area contributed by atoms with E-state index in [-0.39, 0.29) is 11.4 Å². The minimum atomic E-state index is -3.03. The Bertz CT molecular complexity index is 1200. The van der Waals surface area contributed by atoms with Crippen LogP contribution in [0.1, 0.15) is 66.0 Å². The van der Waals surface area contributed by atoms with Crippen LogP contribution in [-0.2, 0) is 0 Å². The number of aromatic nitrogens is 3. The molecule has 3 aromatic heterocycles. The van der Waals surface area contributed by atoms with Crippen LogP contribution in [0.3, 0.4) is 0 Å². The molecule has 2 atom stereocenters.